The van der Waals surface area contributed by atoms with Crippen LogP contribution in [0.4, 0.5) is 5.69 Å². The van der Waals surface area contributed by atoms with Crippen LogP contribution in [0.5, 0.6) is 11.5 Å². The molecule has 1 amide bonds. The fourth-order valence-electron chi connectivity index (χ4n) is 3.16. The molecule has 0 saturated heterocycles. The number of methoxy groups -OCH3 is 2. The van der Waals surface area contributed by atoms with Gasteiger partial charge in [-0.1, -0.05) is 23.8 Å². The van der Waals surface area contributed by atoms with Crippen molar-refractivity contribution in [1.29, 1.82) is 0 Å². The van der Waals surface area contributed by atoms with Crippen molar-refractivity contribution in [2.24, 2.45) is 0 Å². The summed E-state index contributed by atoms with van der Waals surface area (Å²) < 4.78 is 12.5. The van der Waals surface area contributed by atoms with Crippen LogP contribution in [0, 0.1) is 20.8 Å². The van der Waals surface area contributed by atoms with Crippen LogP contribution in [0.25, 0.3) is 0 Å². The number of nitrogens with zero attached hydrogens (tertiary/aromatic N) is 2. The normalized spacial score (nSPS) is 10.6. The lowest BCUT2D eigenvalue weighted by Gasteiger charge is -2.11. The minimum atomic E-state index is -0.138. The van der Waals surface area contributed by atoms with Crippen LogP contribution in [0.3, 0.4) is 0 Å². The van der Waals surface area contributed by atoms with Crippen molar-refractivity contribution < 1.29 is 14.3 Å². The predicted molar refractivity (Wildman–Crippen MR) is 109 cm³/mol. The minimum absolute atomic E-state index is 0.138. The molecule has 1 N–H and O–H groups in total. The van der Waals surface area contributed by atoms with Crippen molar-refractivity contribution >= 4 is 11.6 Å². The summed E-state index contributed by atoms with van der Waals surface area (Å²) in [4.78, 5) is 12.6. The van der Waals surface area contributed by atoms with Crippen molar-refractivity contribution in [2.75, 3.05) is 19.5 Å². The standard InChI is InChI=1S/C22H25N3O3/c1-14-7-6-8-18(11-14)22(26)23-21-15(2)24-25(16(21)3)13-17-9-10-19(27-4)20(12-17)28-5/h6-12H,13H2,1-5H3,(H,23,26). The van der Waals surface area contributed by atoms with E-state index in [1.165, 1.54) is 0 Å². The van der Waals surface area contributed by atoms with E-state index in [0.717, 1.165) is 28.2 Å². The molecular weight excluding hydrogens is 354 g/mol. The van der Waals surface area contributed by atoms with E-state index < -0.39 is 0 Å². The number of anilines is 1. The lowest BCUT2D eigenvalue weighted by molar-refractivity contribution is 0.102. The first-order chi connectivity index (χ1) is 13.4. The van der Waals surface area contributed by atoms with Crippen LogP contribution in [-0.2, 0) is 6.54 Å². The average Bonchev–Trinajstić information content (AvgIpc) is 2.95. The lowest BCUT2D eigenvalue weighted by Crippen LogP contribution is -2.13. The highest BCUT2D eigenvalue weighted by Gasteiger charge is 2.16. The lowest BCUT2D eigenvalue weighted by atomic mass is 10.1. The molecule has 6 heteroatoms. The second kappa shape index (κ2) is 8.17. The van der Waals surface area contributed by atoms with Gasteiger partial charge in [-0.05, 0) is 50.6 Å². The number of aryl methyl sites for hydroxylation is 2. The zero-order valence-corrected chi connectivity index (χ0v) is 16.9. The molecule has 0 atom stereocenters. The van der Waals surface area contributed by atoms with E-state index in [2.05, 4.69) is 10.4 Å². The summed E-state index contributed by atoms with van der Waals surface area (Å²) in [7, 11) is 3.23. The second-order valence-corrected chi connectivity index (χ2v) is 6.72. The Morgan fingerprint density at radius 2 is 1.79 bits per heavy atom. The van der Waals surface area contributed by atoms with Crippen molar-refractivity contribution in [3.63, 3.8) is 0 Å². The second-order valence-electron chi connectivity index (χ2n) is 6.72. The Bertz CT molecular complexity index is 1010. The molecule has 0 radical (unpaired) electrons. The van der Waals surface area contributed by atoms with Gasteiger partial charge < -0.3 is 14.8 Å². The van der Waals surface area contributed by atoms with Crippen LogP contribution >= 0.6 is 0 Å². The van der Waals surface area contributed by atoms with Gasteiger partial charge in [0.15, 0.2) is 11.5 Å². The van der Waals surface area contributed by atoms with Crippen LogP contribution in [0.1, 0.15) is 32.9 Å². The van der Waals surface area contributed by atoms with Gasteiger partial charge in [0, 0.05) is 5.56 Å². The molecular formula is C22H25N3O3. The monoisotopic (exact) mass is 379 g/mol. The summed E-state index contributed by atoms with van der Waals surface area (Å²) in [5.41, 5.74) is 5.12. The van der Waals surface area contributed by atoms with E-state index in [1.807, 2.05) is 61.9 Å². The van der Waals surface area contributed by atoms with Crippen molar-refractivity contribution in [2.45, 2.75) is 27.3 Å². The Morgan fingerprint density at radius 1 is 1.04 bits per heavy atom. The summed E-state index contributed by atoms with van der Waals surface area (Å²) in [6.45, 7) is 6.37. The van der Waals surface area contributed by atoms with E-state index in [1.54, 1.807) is 20.3 Å². The van der Waals surface area contributed by atoms with Gasteiger partial charge in [0.1, 0.15) is 0 Å². The minimum Gasteiger partial charge on any atom is -0.493 e. The molecule has 0 aliphatic rings. The highest BCUT2D eigenvalue weighted by molar-refractivity contribution is 6.05. The highest BCUT2D eigenvalue weighted by Crippen LogP contribution is 2.28. The Balaban J connectivity index is 1.83. The molecule has 3 aromatic rings. The third-order valence-electron chi connectivity index (χ3n) is 4.68. The highest BCUT2D eigenvalue weighted by atomic mass is 16.5. The predicted octanol–water partition coefficient (Wildman–Crippen LogP) is 4.13. The largest absolute Gasteiger partial charge is 0.493 e. The fourth-order valence-corrected chi connectivity index (χ4v) is 3.16. The molecule has 0 aliphatic heterocycles. The summed E-state index contributed by atoms with van der Waals surface area (Å²) >= 11 is 0. The molecule has 2 aromatic carbocycles. The number of ether oxygens (including phenoxy) is 2. The number of hydrogen-bond donors (Lipinski definition) is 1. The maximum absolute atomic E-state index is 12.6. The van der Waals surface area contributed by atoms with Gasteiger partial charge in [-0.15, -0.1) is 0 Å². The number of aromatic nitrogens is 2. The molecule has 28 heavy (non-hydrogen) atoms. The van der Waals surface area contributed by atoms with E-state index in [0.29, 0.717) is 23.6 Å². The molecule has 0 saturated carbocycles. The van der Waals surface area contributed by atoms with Gasteiger partial charge in [0.25, 0.3) is 5.91 Å². The van der Waals surface area contributed by atoms with E-state index >= 15 is 0 Å². The number of rotatable bonds is 6. The maximum atomic E-state index is 12.6. The molecule has 0 aliphatic carbocycles. The third-order valence-corrected chi connectivity index (χ3v) is 4.68. The van der Waals surface area contributed by atoms with Crippen LogP contribution in [0.2, 0.25) is 0 Å². The van der Waals surface area contributed by atoms with Gasteiger partial charge in [0.2, 0.25) is 0 Å². The maximum Gasteiger partial charge on any atom is 0.255 e. The average molecular weight is 379 g/mol. The summed E-state index contributed by atoms with van der Waals surface area (Å²) in [6, 6.07) is 13.3. The van der Waals surface area contributed by atoms with Crippen LogP contribution in [-0.4, -0.2) is 29.9 Å². The number of hydrogen-bond acceptors (Lipinski definition) is 4. The first-order valence-electron chi connectivity index (χ1n) is 9.06. The molecule has 6 nitrogen and oxygen atoms in total. The van der Waals surface area contributed by atoms with Gasteiger partial charge in [-0.2, -0.15) is 5.10 Å². The third kappa shape index (κ3) is 4.01. The molecule has 0 spiro atoms. The molecule has 1 aromatic heterocycles. The SMILES string of the molecule is COc1ccc(Cn2nc(C)c(NC(=O)c3cccc(C)c3)c2C)cc1OC. The van der Waals surface area contributed by atoms with E-state index in [9.17, 15) is 4.79 Å². The van der Waals surface area contributed by atoms with Crippen molar-refractivity contribution in [1.82, 2.24) is 9.78 Å². The quantitative estimate of drug-likeness (QED) is 0.699. The molecule has 3 rings (SSSR count). The van der Waals surface area contributed by atoms with Gasteiger partial charge in [-0.25, -0.2) is 0 Å². The number of amides is 1. The van der Waals surface area contributed by atoms with Gasteiger partial charge >= 0.3 is 0 Å². The number of carbonyl (C=O) groups excluding carboxylic acids is 1. The van der Waals surface area contributed by atoms with Crippen molar-refractivity contribution in [3.05, 3.63) is 70.5 Å². The smallest absolute Gasteiger partial charge is 0.255 e. The Labute approximate surface area is 165 Å². The van der Waals surface area contributed by atoms with E-state index in [-0.39, 0.29) is 5.91 Å². The first kappa shape index (κ1) is 19.5. The fraction of sp³-hybridized carbons (Fsp3) is 0.273. The van der Waals surface area contributed by atoms with Crippen LogP contribution in [0.15, 0.2) is 42.5 Å². The summed E-state index contributed by atoms with van der Waals surface area (Å²) in [6.07, 6.45) is 0. The number of carbonyl (C=O) groups is 1. The molecule has 1 heterocycles. The Morgan fingerprint density at radius 3 is 2.46 bits per heavy atom. The number of nitrogens with one attached hydrogen (secondary N) is 1. The first-order valence-corrected chi connectivity index (χ1v) is 9.06. The summed E-state index contributed by atoms with van der Waals surface area (Å²) in [5, 5.41) is 7.60. The van der Waals surface area contributed by atoms with Crippen LogP contribution < -0.4 is 14.8 Å². The van der Waals surface area contributed by atoms with Gasteiger partial charge in [-0.3, -0.25) is 9.48 Å². The molecule has 0 fully saturated rings. The summed E-state index contributed by atoms with van der Waals surface area (Å²) in [5.74, 6) is 1.22. The number of benzene rings is 2. The van der Waals surface area contributed by atoms with Gasteiger partial charge in [0.05, 0.1) is 37.8 Å². The molecule has 146 valence electrons. The Hall–Kier alpha value is -3.28. The topological polar surface area (TPSA) is 65.4 Å². The van der Waals surface area contributed by atoms with Crippen molar-refractivity contribution in [3.8, 4) is 11.5 Å². The molecule has 0 bridgehead atoms. The molecule has 0 unspecified atom stereocenters. The zero-order valence-electron chi connectivity index (χ0n) is 16.9. The zero-order chi connectivity index (χ0) is 20.3. The van der Waals surface area contributed by atoms with E-state index in [4.69, 9.17) is 9.47 Å². The Kier molecular flexibility index (Phi) is 5.68.